The van der Waals surface area contributed by atoms with E-state index in [0.717, 1.165) is 25.7 Å². The van der Waals surface area contributed by atoms with Gasteiger partial charge in [0.25, 0.3) is 0 Å². The number of carbonyl (C=O) groups is 3. The monoisotopic (exact) mass is 388 g/mol. The number of rotatable bonds is 11. The first-order valence-electron chi connectivity index (χ1n) is 9.56. The molecule has 0 radical (unpaired) electrons. The van der Waals surface area contributed by atoms with Crippen molar-refractivity contribution in [2.24, 2.45) is 0 Å². The summed E-state index contributed by atoms with van der Waals surface area (Å²) in [5.74, 6) is -1.46. The Bertz CT molecular complexity index is 478. The van der Waals surface area contributed by atoms with Crippen LogP contribution in [0.25, 0.3) is 0 Å². The van der Waals surface area contributed by atoms with E-state index in [0.29, 0.717) is 6.61 Å². The molecule has 0 aromatic heterocycles. The zero-order chi connectivity index (χ0) is 20.2. The van der Waals surface area contributed by atoms with Crippen LogP contribution < -0.4 is 0 Å². The molecule has 1 aliphatic rings. The van der Waals surface area contributed by atoms with E-state index in [1.807, 2.05) is 0 Å². The molecule has 1 aliphatic heterocycles. The summed E-state index contributed by atoms with van der Waals surface area (Å²) in [7, 11) is 0. The lowest BCUT2D eigenvalue weighted by Gasteiger charge is -2.40. The third-order valence-electron chi connectivity index (χ3n) is 4.16. The second-order valence-corrected chi connectivity index (χ2v) is 6.65. The summed E-state index contributed by atoms with van der Waals surface area (Å²) in [6.07, 6.45) is 2.43. The van der Waals surface area contributed by atoms with Crippen molar-refractivity contribution in [1.82, 2.24) is 0 Å². The van der Waals surface area contributed by atoms with E-state index in [2.05, 4.69) is 6.92 Å². The summed E-state index contributed by atoms with van der Waals surface area (Å²) in [5, 5.41) is 0. The van der Waals surface area contributed by atoms with Crippen molar-refractivity contribution in [1.29, 1.82) is 0 Å². The van der Waals surface area contributed by atoms with Gasteiger partial charge in [0, 0.05) is 27.4 Å². The van der Waals surface area contributed by atoms with Gasteiger partial charge in [0.15, 0.2) is 12.2 Å². The highest BCUT2D eigenvalue weighted by molar-refractivity contribution is 5.67. The fraction of sp³-hybridized carbons (Fsp3) is 0.842. The lowest BCUT2D eigenvalue weighted by Crippen LogP contribution is -2.58. The lowest BCUT2D eigenvalue weighted by molar-refractivity contribution is -0.233. The summed E-state index contributed by atoms with van der Waals surface area (Å²) in [6.45, 7) is 6.45. The van der Waals surface area contributed by atoms with Crippen LogP contribution in [0.4, 0.5) is 0 Å². The van der Waals surface area contributed by atoms with Gasteiger partial charge in [-0.05, 0) is 6.42 Å². The molecule has 0 unspecified atom stereocenters. The molecule has 0 bridgehead atoms. The summed E-state index contributed by atoms with van der Waals surface area (Å²) in [6, 6.07) is 0. The average molecular weight is 388 g/mol. The van der Waals surface area contributed by atoms with E-state index in [4.69, 9.17) is 23.7 Å². The van der Waals surface area contributed by atoms with Crippen molar-refractivity contribution >= 4 is 17.9 Å². The minimum Gasteiger partial charge on any atom is -0.463 e. The first-order valence-corrected chi connectivity index (χ1v) is 9.56. The molecule has 1 fully saturated rings. The molecule has 0 spiro atoms. The smallest absolute Gasteiger partial charge is 0.303 e. The Morgan fingerprint density at radius 3 is 2.15 bits per heavy atom. The zero-order valence-corrected chi connectivity index (χ0v) is 16.7. The Kier molecular flexibility index (Phi) is 11.0. The van der Waals surface area contributed by atoms with Crippen molar-refractivity contribution in [2.45, 2.75) is 84.2 Å². The summed E-state index contributed by atoms with van der Waals surface area (Å²) >= 11 is 0. The van der Waals surface area contributed by atoms with Crippen LogP contribution in [-0.2, 0) is 38.1 Å². The predicted molar refractivity (Wildman–Crippen MR) is 96.0 cm³/mol. The molecule has 4 atom stereocenters. The van der Waals surface area contributed by atoms with Gasteiger partial charge in [0.2, 0.25) is 0 Å². The molecule has 0 saturated carbocycles. The van der Waals surface area contributed by atoms with Crippen molar-refractivity contribution in [3.8, 4) is 0 Å². The fourth-order valence-electron chi connectivity index (χ4n) is 2.95. The number of hydrogen-bond donors (Lipinski definition) is 0. The Labute approximate surface area is 160 Å². The lowest BCUT2D eigenvalue weighted by atomic mass is 9.99. The molecule has 27 heavy (non-hydrogen) atoms. The van der Waals surface area contributed by atoms with E-state index < -0.39 is 42.3 Å². The van der Waals surface area contributed by atoms with Crippen LogP contribution >= 0.6 is 0 Å². The van der Waals surface area contributed by atoms with Crippen LogP contribution in [-0.4, -0.2) is 62.1 Å². The van der Waals surface area contributed by atoms with E-state index in [-0.39, 0.29) is 13.2 Å². The Hall–Kier alpha value is -1.67. The topological polar surface area (TPSA) is 97.4 Å². The van der Waals surface area contributed by atoms with Crippen LogP contribution in [0.5, 0.6) is 0 Å². The van der Waals surface area contributed by atoms with Gasteiger partial charge >= 0.3 is 17.9 Å². The van der Waals surface area contributed by atoms with Crippen molar-refractivity contribution in [2.75, 3.05) is 19.8 Å². The Balaban J connectivity index is 2.79. The van der Waals surface area contributed by atoms with E-state index >= 15 is 0 Å². The van der Waals surface area contributed by atoms with Crippen LogP contribution in [0.2, 0.25) is 0 Å². The number of esters is 3. The van der Waals surface area contributed by atoms with Gasteiger partial charge in [0.05, 0.1) is 6.61 Å². The van der Waals surface area contributed by atoms with Crippen molar-refractivity contribution < 1.29 is 38.1 Å². The molecule has 0 amide bonds. The maximum atomic E-state index is 11.6. The molecule has 8 heteroatoms. The van der Waals surface area contributed by atoms with E-state index in [1.165, 1.54) is 27.2 Å². The molecule has 156 valence electrons. The highest BCUT2D eigenvalue weighted by Gasteiger charge is 2.45. The largest absolute Gasteiger partial charge is 0.463 e. The number of carbonyl (C=O) groups excluding carboxylic acids is 3. The molecule has 8 nitrogen and oxygen atoms in total. The molecule has 0 aromatic carbocycles. The first-order chi connectivity index (χ1) is 12.8. The third kappa shape index (κ3) is 9.19. The molecular weight excluding hydrogens is 356 g/mol. The summed E-state index contributed by atoms with van der Waals surface area (Å²) < 4.78 is 27.3. The van der Waals surface area contributed by atoms with Gasteiger partial charge < -0.3 is 23.7 Å². The maximum Gasteiger partial charge on any atom is 0.303 e. The second-order valence-electron chi connectivity index (χ2n) is 6.65. The summed E-state index contributed by atoms with van der Waals surface area (Å²) in [5.41, 5.74) is 0. The van der Waals surface area contributed by atoms with Crippen molar-refractivity contribution in [3.05, 3.63) is 0 Å². The van der Waals surface area contributed by atoms with Gasteiger partial charge in [0.1, 0.15) is 18.8 Å². The predicted octanol–water partition coefficient (Wildman–Crippen LogP) is 2.17. The van der Waals surface area contributed by atoms with E-state index in [1.54, 1.807) is 0 Å². The quantitative estimate of drug-likeness (QED) is 0.302. The average Bonchev–Trinajstić information content (AvgIpc) is 2.58. The van der Waals surface area contributed by atoms with Gasteiger partial charge in [-0.15, -0.1) is 0 Å². The Morgan fingerprint density at radius 2 is 1.56 bits per heavy atom. The normalized spacial score (nSPS) is 24.9. The van der Waals surface area contributed by atoms with Gasteiger partial charge in [-0.25, -0.2) is 0 Å². The first kappa shape index (κ1) is 23.4. The van der Waals surface area contributed by atoms with Crippen LogP contribution in [0, 0.1) is 0 Å². The molecule has 1 rings (SSSR count). The SMILES string of the molecule is CCCCCCCO[C@H]1[C@H](OC(C)=O)[C@@H](OC(C)=O)CO[C@@H]1COC(C)=O. The molecule has 1 heterocycles. The summed E-state index contributed by atoms with van der Waals surface area (Å²) in [4.78, 5) is 34.1. The standard InChI is InChI=1S/C19H32O8/c1-5-6-7-8-9-10-23-18-16(11-24-13(2)20)25-12-17(26-14(3)21)19(18)27-15(4)22/h16-19H,5-12H2,1-4H3/t16-,17+,18-,19-/m1/s1. The minimum absolute atomic E-state index is 0.0274. The zero-order valence-electron chi connectivity index (χ0n) is 16.7. The van der Waals surface area contributed by atoms with Crippen molar-refractivity contribution in [3.63, 3.8) is 0 Å². The van der Waals surface area contributed by atoms with Gasteiger partial charge in [-0.3, -0.25) is 14.4 Å². The van der Waals surface area contributed by atoms with Crippen LogP contribution in [0.15, 0.2) is 0 Å². The molecule has 0 aromatic rings. The van der Waals surface area contributed by atoms with Crippen LogP contribution in [0.1, 0.15) is 59.8 Å². The molecular formula is C19H32O8. The number of unbranched alkanes of at least 4 members (excludes halogenated alkanes) is 4. The van der Waals surface area contributed by atoms with Gasteiger partial charge in [-0.1, -0.05) is 32.6 Å². The van der Waals surface area contributed by atoms with E-state index in [9.17, 15) is 14.4 Å². The van der Waals surface area contributed by atoms with Gasteiger partial charge in [-0.2, -0.15) is 0 Å². The number of hydrogen-bond acceptors (Lipinski definition) is 8. The second kappa shape index (κ2) is 12.7. The molecule has 1 saturated heterocycles. The van der Waals surface area contributed by atoms with Crippen LogP contribution in [0.3, 0.4) is 0 Å². The third-order valence-corrected chi connectivity index (χ3v) is 4.16. The maximum absolute atomic E-state index is 11.6. The molecule has 0 aliphatic carbocycles. The number of ether oxygens (including phenoxy) is 5. The minimum atomic E-state index is -0.823. The molecule has 0 N–H and O–H groups in total. The highest BCUT2D eigenvalue weighted by Crippen LogP contribution is 2.25. The Morgan fingerprint density at radius 1 is 0.889 bits per heavy atom. The highest BCUT2D eigenvalue weighted by atomic mass is 16.6. The fourth-order valence-corrected chi connectivity index (χ4v) is 2.95.